The van der Waals surface area contributed by atoms with Crippen molar-refractivity contribution in [3.8, 4) is 23.0 Å². The summed E-state index contributed by atoms with van der Waals surface area (Å²) < 4.78 is 10.0. The van der Waals surface area contributed by atoms with Crippen LogP contribution in [0.3, 0.4) is 0 Å². The van der Waals surface area contributed by atoms with E-state index in [1.54, 1.807) is 0 Å². The Morgan fingerprint density at radius 1 is 0.964 bits per heavy atom. The van der Waals surface area contributed by atoms with Gasteiger partial charge in [0.2, 0.25) is 12.6 Å². The van der Waals surface area contributed by atoms with Crippen LogP contribution in [0, 0.1) is 20.2 Å². The summed E-state index contributed by atoms with van der Waals surface area (Å²) in [6.45, 7) is -0.672. The summed E-state index contributed by atoms with van der Waals surface area (Å²) in [4.78, 5) is 21.8. The van der Waals surface area contributed by atoms with Gasteiger partial charge in [0, 0.05) is 16.3 Å². The Morgan fingerprint density at radius 2 is 1.54 bits per heavy atom. The fourth-order valence-electron chi connectivity index (χ4n) is 2.99. The first-order valence-electron chi connectivity index (χ1n) is 8.24. The molecule has 2 atom stereocenters. The first kappa shape index (κ1) is 20.7. The van der Waals surface area contributed by atoms with E-state index in [9.17, 15) is 30.4 Å². The lowest BCUT2D eigenvalue weighted by Crippen LogP contribution is -2.34. The maximum atomic E-state index is 11.8. The van der Waals surface area contributed by atoms with Crippen LogP contribution in [0.1, 0.15) is 17.0 Å². The number of hydrogen-bond donors (Lipinski definition) is 2. The number of nitrogens with zero attached hydrogens (tertiary/aromatic N) is 2. The van der Waals surface area contributed by atoms with Gasteiger partial charge in [-0.1, -0.05) is 12.1 Å². The molecule has 0 bridgehead atoms. The second-order valence-corrected chi connectivity index (χ2v) is 6.12. The van der Waals surface area contributed by atoms with Crippen molar-refractivity contribution in [2.24, 2.45) is 0 Å². The summed E-state index contributed by atoms with van der Waals surface area (Å²) in [5.74, 6) is -1.14. The molecule has 28 heavy (non-hydrogen) atoms. The highest BCUT2D eigenvalue weighted by molar-refractivity contribution is 5.44. The molecule has 10 nitrogen and oxygen atoms in total. The van der Waals surface area contributed by atoms with Gasteiger partial charge in [-0.2, -0.15) is 0 Å². The average molecular weight is 392 g/mol. The number of ether oxygens (including phenoxy) is 2. The van der Waals surface area contributed by atoms with Crippen LogP contribution >= 0.6 is 0 Å². The lowest BCUT2D eigenvalue weighted by atomic mass is 9.87. The lowest BCUT2D eigenvalue weighted by molar-refractivity contribution is -0.546. The molecule has 0 aliphatic rings. The molecule has 0 aliphatic carbocycles. The molecule has 150 valence electrons. The molecular weight excluding hydrogens is 372 g/mol. The minimum atomic E-state index is -1.33. The highest BCUT2D eigenvalue weighted by Gasteiger charge is 2.37. The van der Waals surface area contributed by atoms with Crippen LogP contribution in [0.4, 0.5) is 0 Å². The molecule has 2 aromatic rings. The van der Waals surface area contributed by atoms with Crippen molar-refractivity contribution in [1.29, 1.82) is 0 Å². The van der Waals surface area contributed by atoms with Crippen molar-refractivity contribution in [2.45, 2.75) is 18.4 Å². The lowest BCUT2D eigenvalue weighted by Gasteiger charge is -2.19. The number of rotatable bonds is 9. The van der Waals surface area contributed by atoms with E-state index in [-0.39, 0.29) is 29.4 Å². The Morgan fingerprint density at radius 3 is 2.07 bits per heavy atom. The van der Waals surface area contributed by atoms with E-state index < -0.39 is 28.4 Å². The molecule has 0 saturated heterocycles. The SMILES string of the molecule is COc1cc(CC(C(C[N+](=O)[O-])c2ccc(O)c(OC)c2)[N+](=O)[O-])ccc1O. The predicted octanol–water partition coefficient (Wildman–Crippen LogP) is 2.36. The maximum Gasteiger partial charge on any atom is 0.230 e. The molecule has 0 saturated carbocycles. The molecule has 0 spiro atoms. The predicted molar refractivity (Wildman–Crippen MR) is 98.4 cm³/mol. The van der Waals surface area contributed by atoms with E-state index >= 15 is 0 Å². The van der Waals surface area contributed by atoms with Gasteiger partial charge in [0.1, 0.15) is 5.92 Å². The van der Waals surface area contributed by atoms with Crippen molar-refractivity contribution in [3.05, 3.63) is 67.8 Å². The number of phenolic OH excluding ortho intramolecular Hbond substituents is 2. The van der Waals surface area contributed by atoms with Gasteiger partial charge in [-0.25, -0.2) is 0 Å². The number of hydrogen-bond acceptors (Lipinski definition) is 8. The largest absolute Gasteiger partial charge is 0.504 e. The number of benzene rings is 2. The van der Waals surface area contributed by atoms with Gasteiger partial charge in [-0.3, -0.25) is 20.2 Å². The van der Waals surface area contributed by atoms with Crippen LogP contribution < -0.4 is 9.47 Å². The molecular formula is C18H20N2O8. The second kappa shape index (κ2) is 8.89. The first-order chi connectivity index (χ1) is 13.3. The Balaban J connectivity index is 2.45. The summed E-state index contributed by atoms with van der Waals surface area (Å²) in [6, 6.07) is 7.01. The zero-order valence-corrected chi connectivity index (χ0v) is 15.3. The topological polar surface area (TPSA) is 145 Å². The van der Waals surface area contributed by atoms with Crippen LogP contribution in [0.25, 0.3) is 0 Å². The van der Waals surface area contributed by atoms with E-state index in [0.29, 0.717) is 11.1 Å². The second-order valence-electron chi connectivity index (χ2n) is 6.12. The highest BCUT2D eigenvalue weighted by Crippen LogP contribution is 2.34. The summed E-state index contributed by atoms with van der Waals surface area (Å²) in [5.41, 5.74) is 0.786. The summed E-state index contributed by atoms with van der Waals surface area (Å²) in [6.07, 6.45) is -0.120. The first-order valence-corrected chi connectivity index (χ1v) is 8.24. The van der Waals surface area contributed by atoms with E-state index in [4.69, 9.17) is 9.47 Å². The minimum Gasteiger partial charge on any atom is -0.504 e. The number of aromatic hydroxyl groups is 2. The Hall–Kier alpha value is -3.56. The number of nitro groups is 2. The van der Waals surface area contributed by atoms with Gasteiger partial charge in [0.05, 0.1) is 14.2 Å². The smallest absolute Gasteiger partial charge is 0.230 e. The van der Waals surface area contributed by atoms with Crippen LogP contribution in [-0.2, 0) is 6.42 Å². The summed E-state index contributed by atoms with van der Waals surface area (Å²) in [5, 5.41) is 42.4. The Labute approximate surface area is 160 Å². The van der Waals surface area contributed by atoms with Crippen LogP contribution in [0.15, 0.2) is 36.4 Å². The van der Waals surface area contributed by atoms with Crippen LogP contribution in [0.5, 0.6) is 23.0 Å². The van der Waals surface area contributed by atoms with Gasteiger partial charge in [-0.15, -0.1) is 0 Å². The van der Waals surface area contributed by atoms with Crippen molar-refractivity contribution in [1.82, 2.24) is 0 Å². The molecule has 0 aliphatic heterocycles. The third-order valence-electron chi connectivity index (χ3n) is 4.40. The molecule has 0 heterocycles. The maximum absolute atomic E-state index is 11.8. The van der Waals surface area contributed by atoms with E-state index in [1.807, 2.05) is 0 Å². The number of methoxy groups -OCH3 is 2. The zero-order chi connectivity index (χ0) is 20.8. The molecule has 0 aromatic heterocycles. The van der Waals surface area contributed by atoms with Crippen molar-refractivity contribution in [3.63, 3.8) is 0 Å². The molecule has 0 radical (unpaired) electrons. The third-order valence-corrected chi connectivity index (χ3v) is 4.40. The molecule has 2 aromatic carbocycles. The van der Waals surface area contributed by atoms with Gasteiger partial charge < -0.3 is 19.7 Å². The molecule has 2 rings (SSSR count). The fraction of sp³-hybridized carbons (Fsp3) is 0.333. The van der Waals surface area contributed by atoms with E-state index in [2.05, 4.69) is 0 Å². The van der Waals surface area contributed by atoms with Crippen LogP contribution in [0.2, 0.25) is 0 Å². The molecule has 2 unspecified atom stereocenters. The standard InChI is InChI=1S/C18H20N2O8/c1-27-17-8-11(3-5-15(17)21)7-14(20(25)26)13(10-19(23)24)12-4-6-16(22)18(9-12)28-2/h3-6,8-9,13-14,21-22H,7,10H2,1-2H3. The zero-order valence-electron chi connectivity index (χ0n) is 15.3. The monoisotopic (exact) mass is 392 g/mol. The van der Waals surface area contributed by atoms with E-state index in [1.165, 1.54) is 50.6 Å². The van der Waals surface area contributed by atoms with Crippen LogP contribution in [-0.4, -0.2) is 46.9 Å². The fourth-order valence-corrected chi connectivity index (χ4v) is 2.99. The average Bonchev–Trinajstić information content (AvgIpc) is 2.65. The summed E-state index contributed by atoms with van der Waals surface area (Å²) in [7, 11) is 2.66. The van der Waals surface area contributed by atoms with Gasteiger partial charge in [0.15, 0.2) is 23.0 Å². The Kier molecular flexibility index (Phi) is 6.59. The van der Waals surface area contributed by atoms with Gasteiger partial charge >= 0.3 is 0 Å². The molecule has 2 N–H and O–H groups in total. The van der Waals surface area contributed by atoms with E-state index in [0.717, 1.165) is 0 Å². The highest BCUT2D eigenvalue weighted by atomic mass is 16.6. The number of phenols is 2. The van der Waals surface area contributed by atoms with Gasteiger partial charge in [0.25, 0.3) is 0 Å². The summed E-state index contributed by atoms with van der Waals surface area (Å²) >= 11 is 0. The van der Waals surface area contributed by atoms with Crippen molar-refractivity contribution < 1.29 is 29.5 Å². The third kappa shape index (κ3) is 4.78. The normalized spacial score (nSPS) is 12.8. The minimum absolute atomic E-state index is 0.0687. The Bertz CT molecular complexity index is 871. The quantitative estimate of drug-likeness (QED) is 0.488. The van der Waals surface area contributed by atoms with Crippen molar-refractivity contribution >= 4 is 0 Å². The van der Waals surface area contributed by atoms with Crippen molar-refractivity contribution in [2.75, 3.05) is 20.8 Å². The molecule has 10 heteroatoms. The molecule has 0 amide bonds. The van der Waals surface area contributed by atoms with Gasteiger partial charge in [-0.05, 0) is 35.4 Å². The molecule has 0 fully saturated rings.